The monoisotopic (exact) mass is 345 g/mol. The van der Waals surface area contributed by atoms with Crippen LogP contribution in [-0.2, 0) is 0 Å². The molecular weight excluding hydrogens is 320 g/mol. The van der Waals surface area contributed by atoms with E-state index in [4.69, 9.17) is 4.43 Å². The zero-order valence-corrected chi connectivity index (χ0v) is 16.2. The van der Waals surface area contributed by atoms with Gasteiger partial charge in [-0.05, 0) is 40.0 Å². The summed E-state index contributed by atoms with van der Waals surface area (Å²) in [5, 5.41) is 2.54. The summed E-state index contributed by atoms with van der Waals surface area (Å²) in [7, 11) is -2.53. The molecule has 0 saturated heterocycles. The summed E-state index contributed by atoms with van der Waals surface area (Å²) in [6.07, 6.45) is 0. The Kier molecular flexibility index (Phi) is 4.82. The Morgan fingerprint density at radius 1 is 0.680 bits per heavy atom. The van der Waals surface area contributed by atoms with Crippen LogP contribution in [0.2, 0.25) is 5.04 Å². The molecule has 0 bridgehead atoms. The van der Waals surface area contributed by atoms with Gasteiger partial charge in [0.15, 0.2) is 0 Å². The van der Waals surface area contributed by atoms with E-state index in [9.17, 15) is 0 Å². The van der Waals surface area contributed by atoms with Crippen LogP contribution in [0.1, 0.15) is 26.3 Å². The van der Waals surface area contributed by atoms with E-state index in [1.165, 1.54) is 10.4 Å². The molecule has 0 unspecified atom stereocenters. The van der Waals surface area contributed by atoms with Crippen molar-refractivity contribution in [2.75, 3.05) is 0 Å². The highest BCUT2D eigenvalue weighted by Crippen LogP contribution is 2.37. The number of rotatable bonds is 4. The van der Waals surface area contributed by atoms with Crippen molar-refractivity contribution in [3.8, 4) is 5.75 Å². The van der Waals surface area contributed by atoms with Gasteiger partial charge >= 0.3 is 8.32 Å². The van der Waals surface area contributed by atoms with Gasteiger partial charge in [0.2, 0.25) is 0 Å². The second kappa shape index (κ2) is 6.89. The Morgan fingerprint density at radius 2 is 1.12 bits per heavy atom. The first-order valence-electron chi connectivity index (χ1n) is 8.65. The molecule has 3 aromatic carbocycles. The van der Waals surface area contributed by atoms with Gasteiger partial charge in [-0.3, -0.25) is 0 Å². The minimum atomic E-state index is -2.53. The van der Waals surface area contributed by atoms with Gasteiger partial charge in [-0.25, -0.2) is 0 Å². The summed E-state index contributed by atoms with van der Waals surface area (Å²) in [6.45, 7) is 10.8. The van der Waals surface area contributed by atoms with Crippen molar-refractivity contribution in [1.82, 2.24) is 0 Å². The van der Waals surface area contributed by atoms with Gasteiger partial charge in [0, 0.05) is 0 Å². The van der Waals surface area contributed by atoms with Crippen LogP contribution in [0.15, 0.2) is 84.9 Å². The maximum Gasteiger partial charge on any atom is 0.319 e. The Bertz CT molecular complexity index is 763. The molecule has 0 saturated carbocycles. The highest BCUT2D eigenvalue weighted by Gasteiger charge is 2.52. The molecule has 3 aromatic rings. The van der Waals surface area contributed by atoms with E-state index < -0.39 is 8.32 Å². The van der Waals surface area contributed by atoms with Crippen molar-refractivity contribution in [2.24, 2.45) is 0 Å². The van der Waals surface area contributed by atoms with Gasteiger partial charge in [-0.15, -0.1) is 0 Å². The van der Waals surface area contributed by atoms with Gasteiger partial charge < -0.3 is 4.43 Å². The van der Waals surface area contributed by atoms with Gasteiger partial charge in [0.1, 0.15) is 5.75 Å². The molecule has 0 amide bonds. The van der Waals surface area contributed by atoms with Crippen LogP contribution in [-0.4, -0.2) is 8.32 Å². The van der Waals surface area contributed by atoms with Crippen LogP contribution in [0.3, 0.4) is 0 Å². The SMILES string of the molecule is [CH2]c1ccc(O[Si](c2ccccc2)(c2ccccc2)C(C)(C)C)cc1. The largest absolute Gasteiger partial charge is 0.534 e. The quantitative estimate of drug-likeness (QED) is 0.617. The summed E-state index contributed by atoms with van der Waals surface area (Å²) in [4.78, 5) is 0. The van der Waals surface area contributed by atoms with Crippen molar-refractivity contribution < 1.29 is 4.43 Å². The molecule has 0 spiro atoms. The van der Waals surface area contributed by atoms with E-state index in [2.05, 4.69) is 88.4 Å². The smallest absolute Gasteiger partial charge is 0.319 e. The summed E-state index contributed by atoms with van der Waals surface area (Å²) in [5.74, 6) is 0.904. The molecule has 127 valence electrons. The first-order chi connectivity index (χ1) is 11.9. The van der Waals surface area contributed by atoms with Crippen LogP contribution >= 0.6 is 0 Å². The van der Waals surface area contributed by atoms with Gasteiger partial charge in [-0.2, -0.15) is 0 Å². The van der Waals surface area contributed by atoms with Crippen LogP contribution in [0, 0.1) is 6.92 Å². The number of hydrogen-bond acceptors (Lipinski definition) is 1. The lowest BCUT2D eigenvalue weighted by Crippen LogP contribution is -2.68. The van der Waals surface area contributed by atoms with Crippen LogP contribution in [0.4, 0.5) is 0 Å². The topological polar surface area (TPSA) is 9.23 Å². The summed E-state index contributed by atoms with van der Waals surface area (Å²) in [6, 6.07) is 29.5. The highest BCUT2D eigenvalue weighted by atomic mass is 28.4. The molecule has 1 nitrogen and oxygen atoms in total. The lowest BCUT2D eigenvalue weighted by Gasteiger charge is -2.43. The summed E-state index contributed by atoms with van der Waals surface area (Å²) < 4.78 is 6.90. The Hall–Kier alpha value is -2.32. The molecule has 25 heavy (non-hydrogen) atoms. The molecule has 3 rings (SSSR count). The fourth-order valence-corrected chi connectivity index (χ4v) is 7.80. The second-order valence-corrected chi connectivity index (χ2v) is 11.6. The van der Waals surface area contributed by atoms with Gasteiger partial charge in [-0.1, -0.05) is 93.6 Å². The predicted molar refractivity (Wildman–Crippen MR) is 109 cm³/mol. The minimum absolute atomic E-state index is 0.0289. The zero-order chi connectivity index (χ0) is 17.9. The average molecular weight is 346 g/mol. The molecule has 0 aliphatic carbocycles. The Labute approximate surface area is 152 Å². The number of hydrogen-bond donors (Lipinski definition) is 0. The Morgan fingerprint density at radius 3 is 1.52 bits per heavy atom. The van der Waals surface area contributed by atoms with Crippen LogP contribution in [0.5, 0.6) is 5.75 Å². The molecule has 0 aliphatic rings. The fraction of sp³-hybridized carbons (Fsp3) is 0.174. The van der Waals surface area contributed by atoms with E-state index in [1.807, 2.05) is 24.3 Å². The molecular formula is C23H25OSi. The van der Waals surface area contributed by atoms with Crippen molar-refractivity contribution in [2.45, 2.75) is 25.8 Å². The van der Waals surface area contributed by atoms with E-state index in [-0.39, 0.29) is 5.04 Å². The minimum Gasteiger partial charge on any atom is -0.534 e. The van der Waals surface area contributed by atoms with Gasteiger partial charge in [0.05, 0.1) is 0 Å². The maximum absolute atomic E-state index is 6.90. The normalized spacial score (nSPS) is 12.0. The van der Waals surface area contributed by atoms with Crippen molar-refractivity contribution in [3.63, 3.8) is 0 Å². The Balaban J connectivity index is 2.23. The molecule has 0 fully saturated rings. The maximum atomic E-state index is 6.90. The van der Waals surface area contributed by atoms with Crippen LogP contribution in [0.25, 0.3) is 0 Å². The summed E-state index contributed by atoms with van der Waals surface area (Å²) in [5.41, 5.74) is 0.995. The van der Waals surface area contributed by atoms with Crippen molar-refractivity contribution in [1.29, 1.82) is 0 Å². The molecule has 0 aliphatic heterocycles. The summed E-state index contributed by atoms with van der Waals surface area (Å²) >= 11 is 0. The van der Waals surface area contributed by atoms with E-state index in [1.54, 1.807) is 0 Å². The molecule has 0 atom stereocenters. The van der Waals surface area contributed by atoms with E-state index in [0.717, 1.165) is 11.3 Å². The third-order valence-electron chi connectivity index (χ3n) is 4.61. The average Bonchev–Trinajstić information content (AvgIpc) is 2.62. The third kappa shape index (κ3) is 3.40. The van der Waals surface area contributed by atoms with E-state index >= 15 is 0 Å². The van der Waals surface area contributed by atoms with E-state index in [0.29, 0.717) is 0 Å². The second-order valence-electron chi connectivity index (χ2n) is 7.41. The number of benzene rings is 3. The van der Waals surface area contributed by atoms with Crippen molar-refractivity contribution in [3.05, 3.63) is 97.4 Å². The molecule has 0 heterocycles. The van der Waals surface area contributed by atoms with Crippen molar-refractivity contribution >= 4 is 18.7 Å². The molecule has 0 aromatic heterocycles. The molecule has 0 N–H and O–H groups in total. The third-order valence-corrected chi connectivity index (χ3v) is 9.56. The predicted octanol–water partition coefficient (Wildman–Crippen LogP) is 4.81. The lowest BCUT2D eigenvalue weighted by molar-refractivity contribution is 0.508. The fourth-order valence-electron chi connectivity index (χ4n) is 3.38. The molecule has 1 radical (unpaired) electrons. The first-order valence-corrected chi connectivity index (χ1v) is 10.6. The van der Waals surface area contributed by atoms with Gasteiger partial charge in [0.25, 0.3) is 0 Å². The zero-order valence-electron chi connectivity index (χ0n) is 15.2. The lowest BCUT2D eigenvalue weighted by atomic mass is 10.2. The molecule has 2 heteroatoms. The van der Waals surface area contributed by atoms with Crippen LogP contribution < -0.4 is 14.8 Å². The highest BCUT2D eigenvalue weighted by molar-refractivity contribution is 7.00. The first kappa shape index (κ1) is 17.5. The standard InChI is InChI=1S/C23H25OSi/c1-19-15-17-20(18-16-19)24-25(23(2,3)4,21-11-7-5-8-12-21)22-13-9-6-10-14-22/h5-18H,1H2,2-4H3.